The van der Waals surface area contributed by atoms with Gasteiger partial charge in [0.25, 0.3) is 0 Å². The second-order valence-electron chi connectivity index (χ2n) is 5.13. The minimum atomic E-state index is 0.126. The number of nitrogens with two attached hydrogens (primary N) is 1. The van der Waals surface area contributed by atoms with Gasteiger partial charge in [0.05, 0.1) is 0 Å². The normalized spacial score (nSPS) is 24.3. The molecule has 1 fully saturated rings. The van der Waals surface area contributed by atoms with E-state index in [0.717, 1.165) is 35.9 Å². The third-order valence-electron chi connectivity index (χ3n) is 3.83. The summed E-state index contributed by atoms with van der Waals surface area (Å²) in [6.07, 6.45) is 3.99. The molecule has 1 aromatic heterocycles. The average molecular weight is 259 g/mol. The molecule has 3 rings (SSSR count). The van der Waals surface area contributed by atoms with Crippen LogP contribution in [0.3, 0.4) is 0 Å². The molecule has 0 aliphatic heterocycles. The van der Waals surface area contributed by atoms with Crippen LogP contribution in [0.2, 0.25) is 0 Å². The molecule has 0 saturated heterocycles. The van der Waals surface area contributed by atoms with Gasteiger partial charge in [-0.15, -0.1) is 11.3 Å². The van der Waals surface area contributed by atoms with Crippen molar-refractivity contribution < 1.29 is 4.79 Å². The molecule has 0 bridgehead atoms. The molecule has 3 heteroatoms. The van der Waals surface area contributed by atoms with E-state index in [0.29, 0.717) is 5.78 Å². The molecule has 2 unspecified atom stereocenters. The summed E-state index contributed by atoms with van der Waals surface area (Å²) in [5.41, 5.74) is 6.87. The third-order valence-corrected chi connectivity index (χ3v) is 4.79. The lowest BCUT2D eigenvalue weighted by atomic mass is 9.81. The number of rotatable bonds is 2. The van der Waals surface area contributed by atoms with Gasteiger partial charge in [-0.3, -0.25) is 4.79 Å². The zero-order valence-corrected chi connectivity index (χ0v) is 11.1. The van der Waals surface area contributed by atoms with Crippen molar-refractivity contribution in [3.8, 4) is 0 Å². The van der Waals surface area contributed by atoms with E-state index in [2.05, 4.69) is 12.1 Å². The molecular weight excluding hydrogens is 242 g/mol. The first-order valence-corrected chi connectivity index (χ1v) is 7.39. The Kier molecular flexibility index (Phi) is 3.18. The van der Waals surface area contributed by atoms with Gasteiger partial charge in [0.2, 0.25) is 0 Å². The molecule has 2 N–H and O–H groups in total. The number of hydrogen-bond donors (Lipinski definition) is 1. The highest BCUT2D eigenvalue weighted by molar-refractivity contribution is 7.17. The monoisotopic (exact) mass is 259 g/mol. The molecule has 2 nitrogen and oxygen atoms in total. The smallest absolute Gasteiger partial charge is 0.167 e. The maximum absolute atomic E-state index is 12.6. The Balaban J connectivity index is 1.94. The first-order valence-electron chi connectivity index (χ1n) is 6.51. The van der Waals surface area contributed by atoms with Gasteiger partial charge in [-0.05, 0) is 42.2 Å². The maximum atomic E-state index is 12.6. The summed E-state index contributed by atoms with van der Waals surface area (Å²) in [6.45, 7) is 0. The van der Waals surface area contributed by atoms with Crippen LogP contribution in [0, 0.1) is 5.92 Å². The topological polar surface area (TPSA) is 43.1 Å². The number of ketones is 1. The summed E-state index contributed by atoms with van der Waals surface area (Å²) in [4.78, 5) is 12.6. The summed E-state index contributed by atoms with van der Waals surface area (Å²) in [7, 11) is 0. The number of carbonyl (C=O) groups is 1. The lowest BCUT2D eigenvalue weighted by Gasteiger charge is -2.25. The van der Waals surface area contributed by atoms with Crippen molar-refractivity contribution >= 4 is 27.2 Å². The Hall–Kier alpha value is -1.19. The summed E-state index contributed by atoms with van der Waals surface area (Å²) in [5, 5.41) is 3.22. The van der Waals surface area contributed by atoms with Crippen molar-refractivity contribution in [2.75, 3.05) is 0 Å². The van der Waals surface area contributed by atoms with Crippen LogP contribution in [-0.4, -0.2) is 11.8 Å². The van der Waals surface area contributed by atoms with Crippen LogP contribution in [-0.2, 0) is 0 Å². The Morgan fingerprint density at radius 2 is 2.17 bits per heavy atom. The van der Waals surface area contributed by atoms with E-state index < -0.39 is 0 Å². The highest BCUT2D eigenvalue weighted by atomic mass is 32.1. The van der Waals surface area contributed by atoms with Crippen LogP contribution in [0.5, 0.6) is 0 Å². The predicted molar refractivity (Wildman–Crippen MR) is 76.1 cm³/mol. The van der Waals surface area contributed by atoms with Gasteiger partial charge in [-0.2, -0.15) is 0 Å². The van der Waals surface area contributed by atoms with Gasteiger partial charge in [-0.1, -0.05) is 18.6 Å². The fourth-order valence-electron chi connectivity index (χ4n) is 2.87. The second kappa shape index (κ2) is 4.82. The zero-order chi connectivity index (χ0) is 12.5. The Morgan fingerprint density at radius 3 is 3.00 bits per heavy atom. The van der Waals surface area contributed by atoms with Gasteiger partial charge < -0.3 is 5.73 Å². The number of carbonyl (C=O) groups excluding carboxylic acids is 1. The van der Waals surface area contributed by atoms with Gasteiger partial charge in [0, 0.05) is 22.2 Å². The number of benzene rings is 1. The van der Waals surface area contributed by atoms with Gasteiger partial charge in [-0.25, -0.2) is 0 Å². The van der Waals surface area contributed by atoms with Crippen molar-refractivity contribution in [1.29, 1.82) is 0 Å². The Morgan fingerprint density at radius 1 is 1.28 bits per heavy atom. The van der Waals surface area contributed by atoms with Crippen LogP contribution in [0.15, 0.2) is 29.6 Å². The minimum absolute atomic E-state index is 0.126. The van der Waals surface area contributed by atoms with E-state index >= 15 is 0 Å². The molecule has 1 saturated carbocycles. The molecule has 18 heavy (non-hydrogen) atoms. The minimum Gasteiger partial charge on any atom is -0.328 e. The molecule has 2 aromatic rings. The molecular formula is C15H17NOS. The molecule has 0 amide bonds. The number of thiophene rings is 1. The van der Waals surface area contributed by atoms with Crippen molar-refractivity contribution in [2.24, 2.45) is 11.7 Å². The van der Waals surface area contributed by atoms with E-state index in [4.69, 9.17) is 5.73 Å². The molecule has 94 valence electrons. The summed E-state index contributed by atoms with van der Waals surface area (Å²) >= 11 is 1.65. The fourth-order valence-corrected chi connectivity index (χ4v) is 3.79. The van der Waals surface area contributed by atoms with Crippen LogP contribution in [0.4, 0.5) is 0 Å². The lowest BCUT2D eigenvalue weighted by Crippen LogP contribution is -2.31. The van der Waals surface area contributed by atoms with E-state index in [-0.39, 0.29) is 12.0 Å². The number of Topliss-reactive ketones (excluding diaryl/α,β-unsaturated/α-hetero) is 1. The SMILES string of the molecule is NC1CCCC(C(=O)c2cccc3ccsc23)C1. The van der Waals surface area contributed by atoms with E-state index in [9.17, 15) is 4.79 Å². The predicted octanol–water partition coefficient (Wildman–Crippen LogP) is 3.60. The van der Waals surface area contributed by atoms with Crippen molar-refractivity contribution in [2.45, 2.75) is 31.7 Å². The highest BCUT2D eigenvalue weighted by Gasteiger charge is 2.27. The van der Waals surface area contributed by atoms with Crippen molar-refractivity contribution in [1.82, 2.24) is 0 Å². The van der Waals surface area contributed by atoms with Gasteiger partial charge in [0.15, 0.2) is 5.78 Å². The van der Waals surface area contributed by atoms with Crippen molar-refractivity contribution in [3.63, 3.8) is 0 Å². The fraction of sp³-hybridized carbons (Fsp3) is 0.400. The highest BCUT2D eigenvalue weighted by Crippen LogP contribution is 2.31. The van der Waals surface area contributed by atoms with E-state index in [1.54, 1.807) is 11.3 Å². The lowest BCUT2D eigenvalue weighted by molar-refractivity contribution is 0.0883. The van der Waals surface area contributed by atoms with E-state index in [1.807, 2.05) is 17.5 Å². The molecule has 1 aliphatic carbocycles. The molecule has 0 radical (unpaired) electrons. The van der Waals surface area contributed by atoms with Crippen LogP contribution in [0.25, 0.3) is 10.1 Å². The number of fused-ring (bicyclic) bond motifs is 1. The van der Waals surface area contributed by atoms with E-state index in [1.165, 1.54) is 5.39 Å². The third kappa shape index (κ3) is 2.08. The Labute approximate surface area is 111 Å². The first kappa shape index (κ1) is 11.9. The zero-order valence-electron chi connectivity index (χ0n) is 10.3. The summed E-state index contributed by atoms with van der Waals surface area (Å²) in [6, 6.07) is 8.28. The number of hydrogen-bond acceptors (Lipinski definition) is 3. The van der Waals surface area contributed by atoms with Gasteiger partial charge >= 0.3 is 0 Å². The molecule has 2 atom stereocenters. The van der Waals surface area contributed by atoms with Crippen LogP contribution in [0.1, 0.15) is 36.0 Å². The van der Waals surface area contributed by atoms with Crippen LogP contribution >= 0.6 is 11.3 Å². The maximum Gasteiger partial charge on any atom is 0.167 e. The molecule has 1 aliphatic rings. The molecule has 1 heterocycles. The standard InChI is InChI=1S/C15H17NOS/c16-12-5-1-4-11(9-12)14(17)13-6-2-3-10-7-8-18-15(10)13/h2-3,6-8,11-12H,1,4-5,9,16H2. The van der Waals surface area contributed by atoms with Gasteiger partial charge in [0.1, 0.15) is 0 Å². The second-order valence-corrected chi connectivity index (χ2v) is 6.05. The van der Waals surface area contributed by atoms with Crippen molar-refractivity contribution in [3.05, 3.63) is 35.2 Å². The molecule has 0 spiro atoms. The Bertz CT molecular complexity index is 575. The summed E-state index contributed by atoms with van der Waals surface area (Å²) < 4.78 is 1.13. The first-order chi connectivity index (χ1) is 8.75. The average Bonchev–Trinajstić information content (AvgIpc) is 2.86. The molecule has 1 aromatic carbocycles. The largest absolute Gasteiger partial charge is 0.328 e. The summed E-state index contributed by atoms with van der Waals surface area (Å²) in [5.74, 6) is 0.416. The van der Waals surface area contributed by atoms with Crippen LogP contribution < -0.4 is 5.73 Å². The quantitative estimate of drug-likeness (QED) is 0.837.